The molecule has 1 atom stereocenters. The van der Waals surface area contributed by atoms with Gasteiger partial charge in [-0.05, 0) is 34.9 Å². The SMILES string of the molecule is CCc1ccc2c(c1)C1(C(=O)Nc3ccc4ccccc4c31)c1c([nH]c(=O)[nH]c1=O)N2. The minimum atomic E-state index is -1.39. The molecule has 0 saturated carbocycles. The first-order chi connectivity index (χ1) is 15.0. The summed E-state index contributed by atoms with van der Waals surface area (Å²) in [5.74, 6) is -0.0740. The van der Waals surface area contributed by atoms with Crippen LogP contribution in [-0.4, -0.2) is 15.9 Å². The second kappa shape index (κ2) is 5.95. The van der Waals surface area contributed by atoms with Crippen LogP contribution >= 0.6 is 0 Å². The summed E-state index contributed by atoms with van der Waals surface area (Å²) >= 11 is 0. The largest absolute Gasteiger partial charge is 0.341 e. The lowest BCUT2D eigenvalue weighted by Crippen LogP contribution is -2.46. The van der Waals surface area contributed by atoms with Gasteiger partial charge in [-0.2, -0.15) is 0 Å². The highest BCUT2D eigenvalue weighted by molar-refractivity contribution is 6.17. The van der Waals surface area contributed by atoms with Crippen molar-refractivity contribution in [3.63, 3.8) is 0 Å². The van der Waals surface area contributed by atoms with Gasteiger partial charge in [-0.15, -0.1) is 0 Å². The van der Waals surface area contributed by atoms with E-state index < -0.39 is 16.7 Å². The molecule has 4 N–H and O–H groups in total. The van der Waals surface area contributed by atoms with Crippen molar-refractivity contribution >= 4 is 33.9 Å². The fraction of sp³-hybridized carbons (Fsp3) is 0.125. The number of carbonyl (C=O) groups excluding carboxylic acids is 1. The van der Waals surface area contributed by atoms with Crippen molar-refractivity contribution in [3.8, 4) is 0 Å². The van der Waals surface area contributed by atoms with Gasteiger partial charge in [0.1, 0.15) is 11.2 Å². The van der Waals surface area contributed by atoms with Crippen LogP contribution in [-0.2, 0) is 16.6 Å². The Balaban J connectivity index is 1.87. The average Bonchev–Trinajstić information content (AvgIpc) is 3.06. The van der Waals surface area contributed by atoms with E-state index in [9.17, 15) is 14.4 Å². The molecular weight excluding hydrogens is 392 g/mol. The van der Waals surface area contributed by atoms with Crippen LogP contribution in [0.1, 0.15) is 29.2 Å². The molecular formula is C24H18N4O3. The fourth-order valence-corrected chi connectivity index (χ4v) is 5.04. The van der Waals surface area contributed by atoms with E-state index in [-0.39, 0.29) is 17.3 Å². The van der Waals surface area contributed by atoms with Crippen molar-refractivity contribution in [2.75, 3.05) is 10.6 Å². The summed E-state index contributed by atoms with van der Waals surface area (Å²) in [5.41, 5.74) is 1.40. The maximum absolute atomic E-state index is 13.8. The van der Waals surface area contributed by atoms with Crippen LogP contribution in [0.4, 0.5) is 17.2 Å². The van der Waals surface area contributed by atoms with Gasteiger partial charge in [0.15, 0.2) is 0 Å². The zero-order chi connectivity index (χ0) is 21.3. The number of fused-ring (bicyclic) bond motifs is 8. The Morgan fingerprint density at radius 2 is 1.65 bits per heavy atom. The molecule has 2 aliphatic rings. The van der Waals surface area contributed by atoms with Gasteiger partial charge in [-0.1, -0.05) is 49.4 Å². The standard InChI is InChI=1S/C24H18N4O3/c1-2-12-7-9-16-15(11-12)24(19-20(25-16)27-23(31)28-21(19)29)18-14-6-4-3-5-13(14)8-10-17(18)26-22(24)30/h3-11H,2H2,1H3,(H,26,30)(H3,25,27,28,29,31). The van der Waals surface area contributed by atoms with Crippen LogP contribution in [0.5, 0.6) is 0 Å². The average molecular weight is 410 g/mol. The van der Waals surface area contributed by atoms with Crippen LogP contribution < -0.4 is 21.9 Å². The first kappa shape index (κ1) is 17.7. The lowest BCUT2D eigenvalue weighted by molar-refractivity contribution is -0.118. The van der Waals surface area contributed by atoms with Crippen molar-refractivity contribution < 1.29 is 4.79 Å². The van der Waals surface area contributed by atoms with Gasteiger partial charge in [-0.3, -0.25) is 19.6 Å². The number of hydrogen-bond acceptors (Lipinski definition) is 4. The van der Waals surface area contributed by atoms with Crippen molar-refractivity contribution in [2.45, 2.75) is 18.8 Å². The molecule has 1 spiro atoms. The third-order valence-corrected chi connectivity index (χ3v) is 6.37. The molecule has 0 radical (unpaired) electrons. The Morgan fingerprint density at radius 3 is 2.48 bits per heavy atom. The maximum Gasteiger partial charge on any atom is 0.327 e. The van der Waals surface area contributed by atoms with E-state index >= 15 is 0 Å². The summed E-state index contributed by atoms with van der Waals surface area (Å²) in [6.07, 6.45) is 0.780. The second-order valence-corrected chi connectivity index (χ2v) is 7.93. The molecule has 7 nitrogen and oxygen atoms in total. The second-order valence-electron chi connectivity index (χ2n) is 7.93. The van der Waals surface area contributed by atoms with Crippen molar-refractivity contribution in [2.24, 2.45) is 0 Å². The van der Waals surface area contributed by atoms with Gasteiger partial charge in [-0.25, -0.2) is 4.79 Å². The molecule has 0 aliphatic carbocycles. The van der Waals surface area contributed by atoms with E-state index in [2.05, 4.69) is 20.6 Å². The van der Waals surface area contributed by atoms with Gasteiger partial charge in [0.05, 0.1) is 5.56 Å². The van der Waals surface area contributed by atoms with Crippen LogP contribution in [0.15, 0.2) is 64.2 Å². The summed E-state index contributed by atoms with van der Waals surface area (Å²) in [6.45, 7) is 2.04. The van der Waals surface area contributed by atoms with E-state index in [4.69, 9.17) is 0 Å². The molecule has 0 bridgehead atoms. The third-order valence-electron chi connectivity index (χ3n) is 6.37. The number of aryl methyl sites for hydroxylation is 1. The minimum Gasteiger partial charge on any atom is -0.341 e. The summed E-state index contributed by atoms with van der Waals surface area (Å²) in [6, 6.07) is 17.5. The molecule has 2 aliphatic heterocycles. The zero-order valence-electron chi connectivity index (χ0n) is 16.6. The highest BCUT2D eigenvalue weighted by Gasteiger charge is 2.56. The van der Waals surface area contributed by atoms with E-state index in [0.29, 0.717) is 16.9 Å². The van der Waals surface area contributed by atoms with Gasteiger partial charge >= 0.3 is 5.69 Å². The van der Waals surface area contributed by atoms with Gasteiger partial charge in [0.25, 0.3) is 5.56 Å². The molecule has 1 amide bonds. The summed E-state index contributed by atoms with van der Waals surface area (Å²) < 4.78 is 0. The van der Waals surface area contributed by atoms with Gasteiger partial charge < -0.3 is 10.6 Å². The summed E-state index contributed by atoms with van der Waals surface area (Å²) in [5, 5.41) is 8.01. The Morgan fingerprint density at radius 1 is 0.839 bits per heavy atom. The minimum absolute atomic E-state index is 0.195. The van der Waals surface area contributed by atoms with Crippen LogP contribution in [0.3, 0.4) is 0 Å². The highest BCUT2D eigenvalue weighted by Crippen LogP contribution is 2.55. The number of benzene rings is 3. The van der Waals surface area contributed by atoms with E-state index in [1.54, 1.807) is 0 Å². The molecule has 31 heavy (non-hydrogen) atoms. The smallest absolute Gasteiger partial charge is 0.327 e. The molecule has 152 valence electrons. The first-order valence-corrected chi connectivity index (χ1v) is 10.1. The van der Waals surface area contributed by atoms with Crippen molar-refractivity contribution in [1.82, 2.24) is 9.97 Å². The maximum atomic E-state index is 13.8. The predicted molar refractivity (Wildman–Crippen MR) is 119 cm³/mol. The Bertz CT molecular complexity index is 1550. The Hall–Kier alpha value is -4.13. The number of aromatic nitrogens is 2. The van der Waals surface area contributed by atoms with E-state index in [0.717, 1.165) is 28.3 Å². The molecule has 1 aromatic heterocycles. The molecule has 0 fully saturated rings. The fourth-order valence-electron chi connectivity index (χ4n) is 5.04. The quantitative estimate of drug-likeness (QED) is 0.387. The van der Waals surface area contributed by atoms with E-state index in [1.807, 2.05) is 61.5 Å². The lowest BCUT2D eigenvalue weighted by atomic mass is 9.67. The first-order valence-electron chi connectivity index (χ1n) is 10.1. The number of amides is 1. The number of rotatable bonds is 1. The molecule has 6 rings (SSSR count). The lowest BCUT2D eigenvalue weighted by Gasteiger charge is -2.36. The van der Waals surface area contributed by atoms with Gasteiger partial charge in [0, 0.05) is 22.5 Å². The monoisotopic (exact) mass is 410 g/mol. The third kappa shape index (κ3) is 2.15. The highest BCUT2D eigenvalue weighted by atomic mass is 16.2. The van der Waals surface area contributed by atoms with Crippen molar-refractivity contribution in [1.29, 1.82) is 0 Å². The summed E-state index contributed by atoms with van der Waals surface area (Å²) in [4.78, 5) is 44.1. The molecule has 1 unspecified atom stereocenters. The van der Waals surface area contributed by atoms with Gasteiger partial charge in [0.2, 0.25) is 5.91 Å². The number of aromatic amines is 2. The van der Waals surface area contributed by atoms with Crippen molar-refractivity contribution in [3.05, 3.63) is 97.7 Å². The van der Waals surface area contributed by atoms with Crippen LogP contribution in [0.25, 0.3) is 10.8 Å². The number of H-pyrrole nitrogens is 2. The van der Waals surface area contributed by atoms with E-state index in [1.165, 1.54) is 0 Å². The number of nitrogens with one attached hydrogen (secondary N) is 4. The normalized spacial score (nSPS) is 18.3. The number of carbonyl (C=O) groups is 1. The molecule has 4 aromatic rings. The molecule has 3 aromatic carbocycles. The number of anilines is 3. The zero-order valence-corrected chi connectivity index (χ0v) is 16.6. The Kier molecular flexibility index (Phi) is 3.40. The predicted octanol–water partition coefficient (Wildman–Crippen LogP) is 3.12. The summed E-state index contributed by atoms with van der Waals surface area (Å²) in [7, 11) is 0. The van der Waals surface area contributed by atoms with Crippen LogP contribution in [0.2, 0.25) is 0 Å². The number of hydrogen-bond donors (Lipinski definition) is 4. The topological polar surface area (TPSA) is 107 Å². The Labute approximate surface area is 176 Å². The molecule has 3 heterocycles. The molecule has 0 saturated heterocycles. The molecule has 7 heteroatoms. The van der Waals surface area contributed by atoms with Crippen LogP contribution in [0, 0.1) is 0 Å².